The molecule has 0 saturated carbocycles. The molecule has 1 heterocycles. The highest BCUT2D eigenvalue weighted by molar-refractivity contribution is 6.17. The van der Waals surface area contributed by atoms with Crippen molar-refractivity contribution in [2.24, 2.45) is 5.92 Å². The number of nitrogens with zero attached hydrogens (tertiary/aromatic N) is 1. The van der Waals surface area contributed by atoms with E-state index in [1.165, 1.54) is 0 Å². The average molecular weight is 257 g/mol. The van der Waals surface area contributed by atoms with Gasteiger partial charge in [-0.05, 0) is 25.3 Å². The van der Waals surface area contributed by atoms with E-state index >= 15 is 0 Å². The molecule has 4 heteroatoms. The van der Waals surface area contributed by atoms with Gasteiger partial charge in [0.15, 0.2) is 0 Å². The first-order chi connectivity index (χ1) is 8.17. The largest absolute Gasteiger partial charge is 0.478 e. The first-order valence-electron chi connectivity index (χ1n) is 6.09. The van der Waals surface area contributed by atoms with Gasteiger partial charge < -0.3 is 10.1 Å². The normalized spacial score (nSPS) is 12.5. The minimum Gasteiger partial charge on any atom is -0.478 e. The zero-order valence-corrected chi connectivity index (χ0v) is 11.5. The summed E-state index contributed by atoms with van der Waals surface area (Å²) in [5.41, 5.74) is 0. The van der Waals surface area contributed by atoms with E-state index in [9.17, 15) is 0 Å². The van der Waals surface area contributed by atoms with Crippen LogP contribution in [0.4, 0.5) is 5.82 Å². The summed E-state index contributed by atoms with van der Waals surface area (Å²) in [6.07, 6.45) is 0.930. The Hall–Kier alpha value is -0.960. The minimum atomic E-state index is 0.344. The summed E-state index contributed by atoms with van der Waals surface area (Å²) in [5.74, 6) is 2.68. The van der Waals surface area contributed by atoms with Crippen LogP contribution >= 0.6 is 11.6 Å². The van der Waals surface area contributed by atoms with Crippen LogP contribution in [0.15, 0.2) is 18.2 Å². The number of nitrogens with one attached hydrogen (secondary N) is 1. The smallest absolute Gasteiger partial charge is 0.215 e. The molecular weight excluding hydrogens is 236 g/mol. The number of hydrogen-bond donors (Lipinski definition) is 1. The molecule has 0 amide bonds. The second-order valence-electron chi connectivity index (χ2n) is 4.27. The molecule has 17 heavy (non-hydrogen) atoms. The molecule has 0 radical (unpaired) electrons. The van der Waals surface area contributed by atoms with Crippen molar-refractivity contribution in [1.29, 1.82) is 0 Å². The zero-order chi connectivity index (χ0) is 12.7. The fourth-order valence-electron chi connectivity index (χ4n) is 1.60. The highest BCUT2D eigenvalue weighted by Crippen LogP contribution is 2.16. The Morgan fingerprint density at radius 1 is 1.41 bits per heavy atom. The number of rotatable bonds is 7. The molecule has 1 atom stereocenters. The summed E-state index contributed by atoms with van der Waals surface area (Å²) in [7, 11) is 0. The van der Waals surface area contributed by atoms with Gasteiger partial charge in [-0.3, -0.25) is 0 Å². The molecule has 1 aromatic heterocycles. The van der Waals surface area contributed by atoms with Crippen LogP contribution in [0.3, 0.4) is 0 Å². The molecule has 0 aliphatic rings. The molecule has 0 aliphatic carbocycles. The lowest BCUT2D eigenvalue weighted by Gasteiger charge is -2.22. The molecule has 0 bridgehead atoms. The number of aromatic nitrogens is 1. The molecule has 0 fully saturated rings. The SMILES string of the molecule is CCOc1cccc(NC(CCCl)C(C)C)n1. The summed E-state index contributed by atoms with van der Waals surface area (Å²) in [6.45, 7) is 6.94. The van der Waals surface area contributed by atoms with E-state index in [1.54, 1.807) is 0 Å². The van der Waals surface area contributed by atoms with Crippen molar-refractivity contribution in [3.05, 3.63) is 18.2 Å². The lowest BCUT2D eigenvalue weighted by molar-refractivity contribution is 0.327. The topological polar surface area (TPSA) is 34.1 Å². The number of hydrogen-bond acceptors (Lipinski definition) is 3. The van der Waals surface area contributed by atoms with Crippen LogP contribution < -0.4 is 10.1 Å². The van der Waals surface area contributed by atoms with Crippen LogP contribution in [0.5, 0.6) is 5.88 Å². The average Bonchev–Trinajstić information content (AvgIpc) is 2.29. The molecule has 0 aliphatic heterocycles. The van der Waals surface area contributed by atoms with Gasteiger partial charge >= 0.3 is 0 Å². The van der Waals surface area contributed by atoms with Gasteiger partial charge in [-0.15, -0.1) is 11.6 Å². The van der Waals surface area contributed by atoms with Crippen molar-refractivity contribution < 1.29 is 4.74 Å². The molecule has 0 saturated heterocycles. The molecule has 1 aromatic rings. The Kier molecular flexibility index (Phi) is 6.12. The van der Waals surface area contributed by atoms with Gasteiger partial charge in [0.25, 0.3) is 0 Å². The lowest BCUT2D eigenvalue weighted by atomic mass is 10.0. The van der Waals surface area contributed by atoms with Crippen LogP contribution in [0, 0.1) is 5.92 Å². The molecule has 1 unspecified atom stereocenters. The number of alkyl halides is 1. The fourth-order valence-corrected chi connectivity index (χ4v) is 1.84. The second kappa shape index (κ2) is 7.38. The van der Waals surface area contributed by atoms with E-state index in [2.05, 4.69) is 24.1 Å². The maximum absolute atomic E-state index is 5.80. The summed E-state index contributed by atoms with van der Waals surface area (Å²) < 4.78 is 5.37. The molecule has 0 aromatic carbocycles. The van der Waals surface area contributed by atoms with Crippen LogP contribution in [-0.2, 0) is 0 Å². The zero-order valence-electron chi connectivity index (χ0n) is 10.7. The Balaban J connectivity index is 2.68. The van der Waals surface area contributed by atoms with Gasteiger partial charge in [-0.25, -0.2) is 0 Å². The van der Waals surface area contributed by atoms with Crippen molar-refractivity contribution in [1.82, 2.24) is 4.98 Å². The number of halogens is 1. The van der Waals surface area contributed by atoms with Gasteiger partial charge in [0.1, 0.15) is 5.82 Å². The molecule has 1 N–H and O–H groups in total. The fraction of sp³-hybridized carbons (Fsp3) is 0.615. The maximum Gasteiger partial charge on any atom is 0.215 e. The summed E-state index contributed by atoms with van der Waals surface area (Å²) in [6, 6.07) is 6.10. The summed E-state index contributed by atoms with van der Waals surface area (Å²) in [4.78, 5) is 4.39. The van der Waals surface area contributed by atoms with E-state index in [0.29, 0.717) is 30.3 Å². The van der Waals surface area contributed by atoms with Gasteiger partial charge in [0, 0.05) is 18.0 Å². The molecule has 0 spiro atoms. The van der Waals surface area contributed by atoms with Crippen LogP contribution in [0.1, 0.15) is 27.2 Å². The van der Waals surface area contributed by atoms with Gasteiger partial charge in [-0.2, -0.15) is 4.98 Å². The molecule has 96 valence electrons. The van der Waals surface area contributed by atoms with Crippen molar-refractivity contribution in [2.45, 2.75) is 33.2 Å². The molecule has 3 nitrogen and oxygen atoms in total. The van der Waals surface area contributed by atoms with Crippen molar-refractivity contribution >= 4 is 17.4 Å². The molecule has 1 rings (SSSR count). The third kappa shape index (κ3) is 4.82. The van der Waals surface area contributed by atoms with Crippen LogP contribution in [0.25, 0.3) is 0 Å². The summed E-state index contributed by atoms with van der Waals surface area (Å²) >= 11 is 5.80. The van der Waals surface area contributed by atoms with E-state index in [1.807, 2.05) is 25.1 Å². The number of pyridine rings is 1. The standard InChI is InChI=1S/C13H21ClN2O/c1-4-17-13-7-5-6-12(16-13)15-11(8-9-14)10(2)3/h5-7,10-11H,4,8-9H2,1-3H3,(H,15,16). The van der Waals surface area contributed by atoms with Crippen LogP contribution in [-0.4, -0.2) is 23.5 Å². The van der Waals surface area contributed by atoms with Gasteiger partial charge in [-0.1, -0.05) is 19.9 Å². The van der Waals surface area contributed by atoms with Crippen LogP contribution in [0.2, 0.25) is 0 Å². The maximum atomic E-state index is 5.80. The Morgan fingerprint density at radius 3 is 2.76 bits per heavy atom. The second-order valence-corrected chi connectivity index (χ2v) is 4.64. The highest BCUT2D eigenvalue weighted by atomic mass is 35.5. The van der Waals surface area contributed by atoms with Crippen molar-refractivity contribution in [3.8, 4) is 5.88 Å². The quantitative estimate of drug-likeness (QED) is 0.758. The van der Waals surface area contributed by atoms with Crippen molar-refractivity contribution in [3.63, 3.8) is 0 Å². The van der Waals surface area contributed by atoms with E-state index in [4.69, 9.17) is 16.3 Å². The Bertz CT molecular complexity index is 331. The minimum absolute atomic E-state index is 0.344. The Morgan fingerprint density at radius 2 is 2.18 bits per heavy atom. The third-order valence-electron chi connectivity index (χ3n) is 2.57. The monoisotopic (exact) mass is 256 g/mol. The van der Waals surface area contributed by atoms with Gasteiger partial charge in [0.05, 0.1) is 6.61 Å². The van der Waals surface area contributed by atoms with E-state index in [0.717, 1.165) is 12.2 Å². The highest BCUT2D eigenvalue weighted by Gasteiger charge is 2.13. The first-order valence-corrected chi connectivity index (χ1v) is 6.63. The van der Waals surface area contributed by atoms with Gasteiger partial charge in [0.2, 0.25) is 5.88 Å². The number of anilines is 1. The van der Waals surface area contributed by atoms with E-state index in [-0.39, 0.29) is 0 Å². The third-order valence-corrected chi connectivity index (χ3v) is 2.79. The first kappa shape index (κ1) is 14.1. The lowest BCUT2D eigenvalue weighted by Crippen LogP contribution is -2.26. The molecular formula is C13H21ClN2O. The number of ether oxygens (including phenoxy) is 1. The predicted octanol–water partition coefficient (Wildman–Crippen LogP) is 3.55. The van der Waals surface area contributed by atoms with Crippen molar-refractivity contribution in [2.75, 3.05) is 17.8 Å². The summed E-state index contributed by atoms with van der Waals surface area (Å²) in [5, 5.41) is 3.40. The predicted molar refractivity (Wildman–Crippen MR) is 73.0 cm³/mol. The van der Waals surface area contributed by atoms with E-state index < -0.39 is 0 Å². The Labute approximate surface area is 109 Å².